The van der Waals surface area contributed by atoms with E-state index in [-0.39, 0.29) is 10.7 Å². The lowest BCUT2D eigenvalue weighted by Gasteiger charge is -2.27. The van der Waals surface area contributed by atoms with Crippen LogP contribution >= 0.6 is 47.0 Å². The minimum Gasteiger partial charge on any atom is -0.465 e. The standard InChI is InChI=1S/C13H14Cl3N3O3S/c1-7(20)17-11(13(14,15)16)19-12(23)18-9-6-4-3-5-8(9)10(21)22-2/h3-6,11H,1-2H3,(H,17,20)(H2,18,19,23). The highest BCUT2D eigenvalue weighted by atomic mass is 35.6. The number of rotatable bonds is 4. The minimum absolute atomic E-state index is 0.0476. The van der Waals surface area contributed by atoms with Gasteiger partial charge < -0.3 is 20.7 Å². The molecule has 0 aliphatic carbocycles. The molecule has 0 fully saturated rings. The Balaban J connectivity index is 2.87. The molecule has 1 aromatic rings. The number of amides is 1. The van der Waals surface area contributed by atoms with Crippen molar-refractivity contribution >= 4 is 69.7 Å². The maximum Gasteiger partial charge on any atom is 0.339 e. The Labute approximate surface area is 153 Å². The lowest BCUT2D eigenvalue weighted by atomic mass is 10.2. The van der Waals surface area contributed by atoms with Crippen LogP contribution in [0.5, 0.6) is 0 Å². The van der Waals surface area contributed by atoms with Crippen molar-refractivity contribution < 1.29 is 14.3 Å². The van der Waals surface area contributed by atoms with Crippen LogP contribution in [0.1, 0.15) is 17.3 Å². The number of para-hydroxylation sites is 1. The highest BCUT2D eigenvalue weighted by Gasteiger charge is 2.34. The van der Waals surface area contributed by atoms with E-state index in [1.54, 1.807) is 24.3 Å². The van der Waals surface area contributed by atoms with Crippen molar-refractivity contribution in [3.63, 3.8) is 0 Å². The Morgan fingerprint density at radius 2 is 1.83 bits per heavy atom. The number of thiocarbonyl (C=S) groups is 1. The van der Waals surface area contributed by atoms with Gasteiger partial charge in [-0.05, 0) is 24.4 Å². The maximum atomic E-state index is 11.7. The number of nitrogens with one attached hydrogen (secondary N) is 3. The number of halogens is 3. The van der Waals surface area contributed by atoms with Gasteiger partial charge >= 0.3 is 5.97 Å². The van der Waals surface area contributed by atoms with Crippen LogP contribution in [0.25, 0.3) is 0 Å². The molecular weight excluding hydrogens is 385 g/mol. The number of hydrogen-bond donors (Lipinski definition) is 3. The normalized spacial score (nSPS) is 12.0. The number of esters is 1. The van der Waals surface area contributed by atoms with E-state index in [0.29, 0.717) is 5.69 Å². The predicted molar refractivity (Wildman–Crippen MR) is 95.0 cm³/mol. The zero-order valence-electron chi connectivity index (χ0n) is 12.2. The highest BCUT2D eigenvalue weighted by molar-refractivity contribution is 7.80. The van der Waals surface area contributed by atoms with Gasteiger partial charge in [0.05, 0.1) is 18.4 Å². The van der Waals surface area contributed by atoms with Crippen molar-refractivity contribution in [3.05, 3.63) is 29.8 Å². The molecule has 1 aromatic carbocycles. The molecule has 0 aliphatic rings. The molecule has 126 valence electrons. The molecule has 0 radical (unpaired) electrons. The fraction of sp³-hybridized carbons (Fsp3) is 0.308. The first-order chi connectivity index (χ1) is 10.6. The largest absolute Gasteiger partial charge is 0.465 e. The number of carbonyl (C=O) groups is 2. The lowest BCUT2D eigenvalue weighted by molar-refractivity contribution is -0.119. The number of carbonyl (C=O) groups excluding carboxylic acids is 2. The third-order valence-corrected chi connectivity index (χ3v) is 3.41. The summed E-state index contributed by atoms with van der Waals surface area (Å²) >= 11 is 22.5. The average molecular weight is 399 g/mol. The molecule has 23 heavy (non-hydrogen) atoms. The van der Waals surface area contributed by atoms with Crippen LogP contribution in [0.2, 0.25) is 0 Å². The van der Waals surface area contributed by atoms with Gasteiger partial charge in [0, 0.05) is 6.92 Å². The summed E-state index contributed by atoms with van der Waals surface area (Å²) in [7, 11) is 1.27. The number of benzene rings is 1. The molecule has 1 rings (SSSR count). The summed E-state index contributed by atoms with van der Waals surface area (Å²) in [6.45, 7) is 1.27. The summed E-state index contributed by atoms with van der Waals surface area (Å²) in [5.74, 6) is -0.942. The van der Waals surface area contributed by atoms with Crippen molar-refractivity contribution in [2.24, 2.45) is 0 Å². The molecule has 0 saturated carbocycles. The molecule has 1 atom stereocenters. The van der Waals surface area contributed by atoms with Crippen LogP contribution in [0, 0.1) is 0 Å². The second-order valence-corrected chi connectivity index (χ2v) is 7.09. The molecule has 10 heteroatoms. The highest BCUT2D eigenvalue weighted by Crippen LogP contribution is 2.29. The van der Waals surface area contributed by atoms with E-state index in [2.05, 4.69) is 20.7 Å². The molecule has 1 unspecified atom stereocenters. The predicted octanol–water partition coefficient (Wildman–Crippen LogP) is 2.59. The van der Waals surface area contributed by atoms with E-state index in [9.17, 15) is 9.59 Å². The first-order valence-electron chi connectivity index (χ1n) is 6.24. The van der Waals surface area contributed by atoms with Gasteiger partial charge in [-0.2, -0.15) is 0 Å². The van der Waals surface area contributed by atoms with Crippen molar-refractivity contribution in [2.75, 3.05) is 12.4 Å². The molecule has 0 spiro atoms. The number of ether oxygens (including phenoxy) is 1. The van der Waals surface area contributed by atoms with Gasteiger partial charge in [0.25, 0.3) is 0 Å². The van der Waals surface area contributed by atoms with Gasteiger partial charge in [-0.15, -0.1) is 0 Å². The molecule has 0 aromatic heterocycles. The fourth-order valence-electron chi connectivity index (χ4n) is 1.57. The van der Waals surface area contributed by atoms with E-state index in [0.717, 1.165) is 0 Å². The molecule has 0 aliphatic heterocycles. The molecular formula is C13H14Cl3N3O3S. The zero-order chi connectivity index (χ0) is 17.6. The molecule has 1 amide bonds. The topological polar surface area (TPSA) is 79.5 Å². The maximum absolute atomic E-state index is 11.7. The quantitative estimate of drug-likeness (QED) is 0.313. The van der Waals surface area contributed by atoms with E-state index >= 15 is 0 Å². The van der Waals surface area contributed by atoms with E-state index in [1.165, 1.54) is 14.0 Å². The van der Waals surface area contributed by atoms with Gasteiger partial charge in [-0.3, -0.25) is 4.79 Å². The van der Waals surface area contributed by atoms with Gasteiger partial charge in [0.1, 0.15) is 6.17 Å². The summed E-state index contributed by atoms with van der Waals surface area (Å²) in [6.07, 6.45) is -1.06. The number of anilines is 1. The Morgan fingerprint density at radius 1 is 1.22 bits per heavy atom. The van der Waals surface area contributed by atoms with Crippen LogP contribution in [0.3, 0.4) is 0 Å². The fourth-order valence-corrected chi connectivity index (χ4v) is 2.13. The molecule has 0 saturated heterocycles. The van der Waals surface area contributed by atoms with Crippen LogP contribution in [-0.2, 0) is 9.53 Å². The van der Waals surface area contributed by atoms with Crippen LogP contribution in [-0.4, -0.2) is 34.1 Å². The number of methoxy groups -OCH3 is 1. The van der Waals surface area contributed by atoms with Crippen molar-refractivity contribution in [2.45, 2.75) is 16.9 Å². The van der Waals surface area contributed by atoms with Crippen LogP contribution in [0.15, 0.2) is 24.3 Å². The molecule has 0 bridgehead atoms. The van der Waals surface area contributed by atoms with Crippen LogP contribution in [0.4, 0.5) is 5.69 Å². The van der Waals surface area contributed by atoms with Crippen molar-refractivity contribution in [3.8, 4) is 0 Å². The monoisotopic (exact) mass is 397 g/mol. The molecule has 6 nitrogen and oxygen atoms in total. The van der Waals surface area contributed by atoms with Gasteiger partial charge in [-0.25, -0.2) is 4.79 Å². The Kier molecular flexibility index (Phi) is 7.34. The lowest BCUT2D eigenvalue weighted by Crippen LogP contribution is -2.55. The van der Waals surface area contributed by atoms with Crippen molar-refractivity contribution in [1.29, 1.82) is 0 Å². The smallest absolute Gasteiger partial charge is 0.339 e. The average Bonchev–Trinajstić information content (AvgIpc) is 2.45. The summed E-state index contributed by atoms with van der Waals surface area (Å²) in [6, 6.07) is 6.58. The van der Waals surface area contributed by atoms with E-state index < -0.39 is 21.8 Å². The van der Waals surface area contributed by atoms with Gasteiger partial charge in [0.2, 0.25) is 9.70 Å². The zero-order valence-corrected chi connectivity index (χ0v) is 15.2. The Hall–Kier alpha value is -1.28. The minimum atomic E-state index is -1.83. The third-order valence-electron chi connectivity index (χ3n) is 2.53. The Bertz CT molecular complexity index is 608. The first-order valence-corrected chi connectivity index (χ1v) is 7.78. The second kappa shape index (κ2) is 8.54. The molecule has 0 heterocycles. The summed E-state index contributed by atoms with van der Waals surface area (Å²) in [5.41, 5.74) is 0.687. The Morgan fingerprint density at radius 3 is 2.35 bits per heavy atom. The van der Waals surface area contributed by atoms with E-state index in [4.69, 9.17) is 47.0 Å². The molecule has 3 N–H and O–H groups in total. The second-order valence-electron chi connectivity index (χ2n) is 4.31. The SMILES string of the molecule is COC(=O)c1ccccc1NC(=S)NC(NC(C)=O)C(Cl)(Cl)Cl. The first kappa shape index (κ1) is 19.8. The summed E-state index contributed by atoms with van der Waals surface area (Å²) in [5, 5.41) is 7.92. The van der Waals surface area contributed by atoms with E-state index in [1.807, 2.05) is 0 Å². The van der Waals surface area contributed by atoms with Gasteiger partial charge in [-0.1, -0.05) is 46.9 Å². The third kappa shape index (κ3) is 6.39. The number of hydrogen-bond acceptors (Lipinski definition) is 4. The summed E-state index contributed by atoms with van der Waals surface area (Å²) in [4.78, 5) is 22.9. The van der Waals surface area contributed by atoms with Crippen LogP contribution < -0.4 is 16.0 Å². The summed E-state index contributed by atoms with van der Waals surface area (Å²) < 4.78 is 2.85. The van der Waals surface area contributed by atoms with Crippen molar-refractivity contribution in [1.82, 2.24) is 10.6 Å². The van der Waals surface area contributed by atoms with Gasteiger partial charge in [0.15, 0.2) is 5.11 Å². The number of alkyl halides is 3.